The fourth-order valence-electron chi connectivity index (χ4n) is 2.01. The molecule has 1 atom stereocenters. The second kappa shape index (κ2) is 6.98. The molecule has 0 spiro atoms. The van der Waals surface area contributed by atoms with Crippen molar-refractivity contribution in [2.75, 3.05) is 32.9 Å². The van der Waals surface area contributed by atoms with Crippen molar-refractivity contribution in [3.63, 3.8) is 0 Å². The lowest BCUT2D eigenvalue weighted by atomic mass is 10.1. The Labute approximate surface area is 113 Å². The van der Waals surface area contributed by atoms with E-state index >= 15 is 0 Å². The molecule has 100 valence electrons. The van der Waals surface area contributed by atoms with Gasteiger partial charge in [0.2, 0.25) is 0 Å². The maximum atomic E-state index is 5.93. The van der Waals surface area contributed by atoms with Crippen molar-refractivity contribution in [3.8, 4) is 5.75 Å². The van der Waals surface area contributed by atoms with Crippen molar-refractivity contribution in [2.24, 2.45) is 5.92 Å². The average molecular weight is 270 g/mol. The molecule has 0 saturated carbocycles. The molecule has 0 amide bonds. The van der Waals surface area contributed by atoms with Gasteiger partial charge in [-0.05, 0) is 37.0 Å². The van der Waals surface area contributed by atoms with Crippen molar-refractivity contribution in [1.29, 1.82) is 0 Å². The summed E-state index contributed by atoms with van der Waals surface area (Å²) in [6.45, 7) is 6.34. The highest BCUT2D eigenvalue weighted by molar-refractivity contribution is 6.30. The van der Waals surface area contributed by atoms with Crippen molar-refractivity contribution < 1.29 is 9.47 Å². The van der Waals surface area contributed by atoms with Gasteiger partial charge in [0.15, 0.2) is 0 Å². The van der Waals surface area contributed by atoms with Gasteiger partial charge in [-0.3, -0.25) is 0 Å². The summed E-state index contributed by atoms with van der Waals surface area (Å²) < 4.78 is 11.0. The summed E-state index contributed by atoms with van der Waals surface area (Å²) in [5, 5.41) is 4.11. The molecule has 0 aromatic heterocycles. The molecule has 1 unspecified atom stereocenters. The van der Waals surface area contributed by atoms with Crippen LogP contribution in [-0.4, -0.2) is 32.9 Å². The first-order valence-corrected chi connectivity index (χ1v) is 6.81. The second-order valence-corrected chi connectivity index (χ2v) is 5.13. The molecule has 1 aliphatic rings. The lowest BCUT2D eigenvalue weighted by molar-refractivity contribution is 0.185. The van der Waals surface area contributed by atoms with Crippen LogP contribution >= 0.6 is 11.6 Å². The van der Waals surface area contributed by atoms with E-state index in [4.69, 9.17) is 21.1 Å². The molecule has 3 nitrogen and oxygen atoms in total. The highest BCUT2D eigenvalue weighted by Gasteiger charge is 2.14. The van der Waals surface area contributed by atoms with Gasteiger partial charge in [-0.1, -0.05) is 17.7 Å². The van der Waals surface area contributed by atoms with Crippen LogP contribution in [-0.2, 0) is 4.74 Å². The van der Waals surface area contributed by atoms with Crippen LogP contribution in [0.25, 0.3) is 0 Å². The van der Waals surface area contributed by atoms with Gasteiger partial charge in [0, 0.05) is 24.7 Å². The van der Waals surface area contributed by atoms with E-state index in [9.17, 15) is 0 Å². The third-order valence-electron chi connectivity index (χ3n) is 3.14. The molecule has 4 heteroatoms. The van der Waals surface area contributed by atoms with Gasteiger partial charge in [0.25, 0.3) is 0 Å². The third-order valence-corrected chi connectivity index (χ3v) is 3.38. The fourth-order valence-corrected chi connectivity index (χ4v) is 2.18. The van der Waals surface area contributed by atoms with E-state index in [1.165, 1.54) is 6.42 Å². The van der Waals surface area contributed by atoms with E-state index in [1.807, 2.05) is 25.1 Å². The largest absolute Gasteiger partial charge is 0.492 e. The summed E-state index contributed by atoms with van der Waals surface area (Å²) in [5.41, 5.74) is 1.11. The normalized spacial score (nSPS) is 19.1. The fraction of sp³-hybridized carbons (Fsp3) is 0.571. The van der Waals surface area contributed by atoms with E-state index in [-0.39, 0.29) is 0 Å². The number of hydrogen-bond donors (Lipinski definition) is 1. The maximum Gasteiger partial charge on any atom is 0.123 e. The smallest absolute Gasteiger partial charge is 0.123 e. The van der Waals surface area contributed by atoms with Crippen LogP contribution in [0.1, 0.15) is 12.0 Å². The van der Waals surface area contributed by atoms with Gasteiger partial charge < -0.3 is 14.8 Å². The molecule has 1 saturated heterocycles. The van der Waals surface area contributed by atoms with Crippen LogP contribution in [0.4, 0.5) is 0 Å². The van der Waals surface area contributed by atoms with E-state index in [0.29, 0.717) is 17.5 Å². The minimum Gasteiger partial charge on any atom is -0.492 e. The number of rotatable bonds is 6. The molecule has 1 aromatic rings. The van der Waals surface area contributed by atoms with Crippen LogP contribution in [0.3, 0.4) is 0 Å². The van der Waals surface area contributed by atoms with E-state index in [2.05, 4.69) is 5.32 Å². The number of halogens is 1. The predicted octanol–water partition coefficient (Wildman–Crippen LogP) is 2.65. The molecular weight excluding hydrogens is 250 g/mol. The minimum absolute atomic E-state index is 0.661. The molecule has 1 aliphatic heterocycles. The molecule has 2 rings (SSSR count). The van der Waals surface area contributed by atoms with Gasteiger partial charge in [0.1, 0.15) is 12.4 Å². The Bertz CT molecular complexity index is 378. The first-order chi connectivity index (χ1) is 8.75. The predicted molar refractivity (Wildman–Crippen MR) is 73.5 cm³/mol. The van der Waals surface area contributed by atoms with Crippen LogP contribution in [0.15, 0.2) is 18.2 Å². The van der Waals surface area contributed by atoms with Gasteiger partial charge in [-0.2, -0.15) is 0 Å². The standard InChI is InChI=1S/C14H20ClNO2/c1-11-2-3-13(15)8-14(11)18-7-5-16-9-12-4-6-17-10-12/h2-3,8,12,16H,4-7,9-10H2,1H3. The summed E-state index contributed by atoms with van der Waals surface area (Å²) in [6, 6.07) is 5.71. The quantitative estimate of drug-likeness (QED) is 0.806. The zero-order valence-corrected chi connectivity index (χ0v) is 11.5. The Morgan fingerprint density at radius 2 is 2.39 bits per heavy atom. The molecule has 0 radical (unpaired) electrons. The molecule has 1 N–H and O–H groups in total. The number of aryl methyl sites for hydroxylation is 1. The Hall–Kier alpha value is -0.770. The highest BCUT2D eigenvalue weighted by atomic mass is 35.5. The zero-order valence-electron chi connectivity index (χ0n) is 10.7. The van der Waals surface area contributed by atoms with Crippen molar-refractivity contribution in [1.82, 2.24) is 5.32 Å². The van der Waals surface area contributed by atoms with Gasteiger partial charge in [0.05, 0.1) is 6.61 Å². The van der Waals surface area contributed by atoms with E-state index in [0.717, 1.165) is 37.6 Å². The third kappa shape index (κ3) is 4.16. The summed E-state index contributed by atoms with van der Waals surface area (Å²) in [4.78, 5) is 0. The maximum absolute atomic E-state index is 5.93. The molecule has 0 bridgehead atoms. The summed E-state index contributed by atoms with van der Waals surface area (Å²) in [5.74, 6) is 1.53. The van der Waals surface area contributed by atoms with Crippen molar-refractivity contribution in [3.05, 3.63) is 28.8 Å². The number of ether oxygens (including phenoxy) is 2. The van der Waals surface area contributed by atoms with Gasteiger partial charge in [-0.25, -0.2) is 0 Å². The number of benzene rings is 1. The lowest BCUT2D eigenvalue weighted by Gasteiger charge is -2.12. The van der Waals surface area contributed by atoms with Gasteiger partial charge >= 0.3 is 0 Å². The molecule has 0 aliphatic carbocycles. The van der Waals surface area contributed by atoms with Crippen LogP contribution in [0, 0.1) is 12.8 Å². The van der Waals surface area contributed by atoms with Crippen molar-refractivity contribution >= 4 is 11.6 Å². The van der Waals surface area contributed by atoms with Crippen molar-refractivity contribution in [2.45, 2.75) is 13.3 Å². The zero-order chi connectivity index (χ0) is 12.8. The monoisotopic (exact) mass is 269 g/mol. The molecule has 18 heavy (non-hydrogen) atoms. The first-order valence-electron chi connectivity index (χ1n) is 6.43. The average Bonchev–Trinajstić information content (AvgIpc) is 2.86. The lowest BCUT2D eigenvalue weighted by Crippen LogP contribution is -2.27. The second-order valence-electron chi connectivity index (χ2n) is 4.69. The number of hydrogen-bond acceptors (Lipinski definition) is 3. The number of nitrogens with one attached hydrogen (secondary N) is 1. The Morgan fingerprint density at radius 1 is 1.50 bits per heavy atom. The topological polar surface area (TPSA) is 30.5 Å². The van der Waals surface area contributed by atoms with E-state index < -0.39 is 0 Å². The highest BCUT2D eigenvalue weighted by Crippen LogP contribution is 2.22. The Morgan fingerprint density at radius 3 is 3.17 bits per heavy atom. The summed E-state index contributed by atoms with van der Waals surface area (Å²) in [6.07, 6.45) is 1.17. The van der Waals surface area contributed by atoms with E-state index in [1.54, 1.807) is 0 Å². The first kappa shape index (κ1) is 13.7. The van der Waals surface area contributed by atoms with Crippen LogP contribution < -0.4 is 10.1 Å². The SMILES string of the molecule is Cc1ccc(Cl)cc1OCCNCC1CCOC1. The minimum atomic E-state index is 0.661. The summed E-state index contributed by atoms with van der Waals surface area (Å²) >= 11 is 5.93. The Balaban J connectivity index is 1.64. The summed E-state index contributed by atoms with van der Waals surface area (Å²) in [7, 11) is 0. The van der Waals surface area contributed by atoms with Crippen LogP contribution in [0.5, 0.6) is 5.75 Å². The Kier molecular flexibility index (Phi) is 5.29. The molecule has 1 fully saturated rings. The molecule has 1 heterocycles. The molecular formula is C14H20ClNO2. The molecule has 1 aromatic carbocycles. The van der Waals surface area contributed by atoms with Crippen LogP contribution in [0.2, 0.25) is 5.02 Å². The van der Waals surface area contributed by atoms with Gasteiger partial charge in [-0.15, -0.1) is 0 Å².